The number of benzene rings is 1. The van der Waals surface area contributed by atoms with Crippen molar-refractivity contribution in [3.8, 4) is 5.75 Å². The fourth-order valence-corrected chi connectivity index (χ4v) is 1.41. The molecule has 1 heterocycles. The first kappa shape index (κ1) is 10.5. The zero-order valence-corrected chi connectivity index (χ0v) is 9.10. The molecule has 2 atom stereocenters. The molecule has 0 unspecified atom stereocenters. The SMILES string of the molecule is COc1cccc([C@H](C)OC[C@@H]2CO2)c1. The highest BCUT2D eigenvalue weighted by Crippen LogP contribution is 2.22. The third-order valence-corrected chi connectivity index (χ3v) is 2.50. The molecule has 0 N–H and O–H groups in total. The Morgan fingerprint density at radius 3 is 3.00 bits per heavy atom. The Hall–Kier alpha value is -1.06. The smallest absolute Gasteiger partial charge is 0.119 e. The molecule has 1 aromatic carbocycles. The molecule has 0 aromatic heterocycles. The summed E-state index contributed by atoms with van der Waals surface area (Å²) in [4.78, 5) is 0. The summed E-state index contributed by atoms with van der Waals surface area (Å²) in [5, 5.41) is 0. The Labute approximate surface area is 90.0 Å². The van der Waals surface area contributed by atoms with Crippen molar-refractivity contribution in [3.63, 3.8) is 0 Å². The van der Waals surface area contributed by atoms with E-state index in [0.717, 1.165) is 17.9 Å². The highest BCUT2D eigenvalue weighted by atomic mass is 16.6. The number of hydrogen-bond acceptors (Lipinski definition) is 3. The fourth-order valence-electron chi connectivity index (χ4n) is 1.41. The molecule has 1 aliphatic rings. The lowest BCUT2D eigenvalue weighted by Crippen LogP contribution is -2.06. The third-order valence-electron chi connectivity index (χ3n) is 2.50. The average molecular weight is 208 g/mol. The normalized spacial score (nSPS) is 21.1. The van der Waals surface area contributed by atoms with Gasteiger partial charge in [0, 0.05) is 0 Å². The van der Waals surface area contributed by atoms with Crippen LogP contribution in [-0.4, -0.2) is 26.4 Å². The van der Waals surface area contributed by atoms with Crippen LogP contribution in [0.5, 0.6) is 5.75 Å². The minimum Gasteiger partial charge on any atom is -0.497 e. The van der Waals surface area contributed by atoms with E-state index in [2.05, 4.69) is 0 Å². The van der Waals surface area contributed by atoms with Gasteiger partial charge in [-0.15, -0.1) is 0 Å². The van der Waals surface area contributed by atoms with Crippen molar-refractivity contribution < 1.29 is 14.2 Å². The van der Waals surface area contributed by atoms with Crippen molar-refractivity contribution >= 4 is 0 Å². The molecule has 82 valence electrons. The van der Waals surface area contributed by atoms with E-state index in [0.29, 0.717) is 12.7 Å². The maximum absolute atomic E-state index is 5.67. The van der Waals surface area contributed by atoms with Crippen LogP contribution in [0.15, 0.2) is 24.3 Å². The molecule has 1 aliphatic heterocycles. The van der Waals surface area contributed by atoms with E-state index < -0.39 is 0 Å². The summed E-state index contributed by atoms with van der Waals surface area (Å²) >= 11 is 0. The summed E-state index contributed by atoms with van der Waals surface area (Å²) in [5.74, 6) is 0.866. The summed E-state index contributed by atoms with van der Waals surface area (Å²) < 4.78 is 15.9. The predicted molar refractivity (Wildman–Crippen MR) is 57.1 cm³/mol. The summed E-state index contributed by atoms with van der Waals surface area (Å²) in [6.07, 6.45) is 0.405. The van der Waals surface area contributed by atoms with Crippen LogP contribution < -0.4 is 4.74 Å². The largest absolute Gasteiger partial charge is 0.497 e. The predicted octanol–water partition coefficient (Wildman–Crippen LogP) is 2.17. The van der Waals surface area contributed by atoms with Gasteiger partial charge in [0.05, 0.1) is 26.4 Å². The van der Waals surface area contributed by atoms with Crippen LogP contribution in [0.3, 0.4) is 0 Å². The molecule has 15 heavy (non-hydrogen) atoms. The van der Waals surface area contributed by atoms with Gasteiger partial charge < -0.3 is 14.2 Å². The molecule has 3 heteroatoms. The van der Waals surface area contributed by atoms with Crippen LogP contribution in [0, 0.1) is 0 Å². The van der Waals surface area contributed by atoms with E-state index in [-0.39, 0.29) is 6.10 Å². The van der Waals surface area contributed by atoms with Gasteiger partial charge >= 0.3 is 0 Å². The van der Waals surface area contributed by atoms with E-state index in [1.165, 1.54) is 0 Å². The molecule has 1 fully saturated rings. The van der Waals surface area contributed by atoms with Crippen molar-refractivity contribution in [2.75, 3.05) is 20.3 Å². The Kier molecular flexibility index (Phi) is 3.23. The molecule has 1 saturated heterocycles. The third kappa shape index (κ3) is 2.94. The van der Waals surface area contributed by atoms with Crippen LogP contribution >= 0.6 is 0 Å². The first-order valence-electron chi connectivity index (χ1n) is 5.17. The Balaban J connectivity index is 1.93. The van der Waals surface area contributed by atoms with Gasteiger partial charge in [0.2, 0.25) is 0 Å². The van der Waals surface area contributed by atoms with Gasteiger partial charge in [-0.05, 0) is 24.6 Å². The second-order valence-electron chi connectivity index (χ2n) is 3.71. The van der Waals surface area contributed by atoms with E-state index in [1.807, 2.05) is 31.2 Å². The van der Waals surface area contributed by atoms with Crippen LogP contribution in [0.4, 0.5) is 0 Å². The van der Waals surface area contributed by atoms with Gasteiger partial charge in [0.25, 0.3) is 0 Å². The molecule has 0 radical (unpaired) electrons. The fraction of sp³-hybridized carbons (Fsp3) is 0.500. The first-order valence-corrected chi connectivity index (χ1v) is 5.17. The second kappa shape index (κ2) is 4.64. The summed E-state index contributed by atoms with van der Waals surface area (Å²) in [5.41, 5.74) is 1.13. The minimum absolute atomic E-state index is 0.0873. The first-order chi connectivity index (χ1) is 7.29. The van der Waals surface area contributed by atoms with E-state index >= 15 is 0 Å². The van der Waals surface area contributed by atoms with Gasteiger partial charge in [-0.25, -0.2) is 0 Å². The molecule has 3 nitrogen and oxygen atoms in total. The molecular weight excluding hydrogens is 192 g/mol. The topological polar surface area (TPSA) is 31.0 Å². The lowest BCUT2D eigenvalue weighted by Gasteiger charge is -2.13. The van der Waals surface area contributed by atoms with E-state index in [4.69, 9.17) is 14.2 Å². The second-order valence-corrected chi connectivity index (χ2v) is 3.71. The monoisotopic (exact) mass is 208 g/mol. The molecule has 0 amide bonds. The zero-order valence-electron chi connectivity index (χ0n) is 9.10. The molecular formula is C12H16O3. The standard InChI is InChI=1S/C12H16O3/c1-9(14-7-12-8-15-12)10-4-3-5-11(6-10)13-2/h3-6,9,12H,7-8H2,1-2H3/t9-,12+/m0/s1. The van der Waals surface area contributed by atoms with Crippen LogP contribution in [0.25, 0.3) is 0 Å². The number of hydrogen-bond donors (Lipinski definition) is 0. The molecule has 0 bridgehead atoms. The van der Waals surface area contributed by atoms with Crippen LogP contribution in [0.1, 0.15) is 18.6 Å². The van der Waals surface area contributed by atoms with Crippen molar-refractivity contribution in [2.24, 2.45) is 0 Å². The lowest BCUT2D eigenvalue weighted by atomic mass is 10.1. The molecule has 2 rings (SSSR count). The van der Waals surface area contributed by atoms with Gasteiger partial charge in [-0.2, -0.15) is 0 Å². The summed E-state index contributed by atoms with van der Waals surface area (Å²) in [6, 6.07) is 7.95. The lowest BCUT2D eigenvalue weighted by molar-refractivity contribution is 0.0538. The molecule has 1 aromatic rings. The Morgan fingerprint density at radius 1 is 1.53 bits per heavy atom. The molecule has 0 aliphatic carbocycles. The number of ether oxygens (including phenoxy) is 3. The Bertz CT molecular complexity index is 320. The summed E-state index contributed by atoms with van der Waals surface area (Å²) in [7, 11) is 1.67. The average Bonchev–Trinajstić information content (AvgIpc) is 3.10. The van der Waals surface area contributed by atoms with Crippen LogP contribution in [-0.2, 0) is 9.47 Å². The summed E-state index contributed by atoms with van der Waals surface area (Å²) in [6.45, 7) is 3.56. The Morgan fingerprint density at radius 2 is 2.33 bits per heavy atom. The van der Waals surface area contributed by atoms with Gasteiger partial charge in [0.1, 0.15) is 11.9 Å². The van der Waals surface area contributed by atoms with Gasteiger partial charge in [0.15, 0.2) is 0 Å². The van der Waals surface area contributed by atoms with E-state index in [9.17, 15) is 0 Å². The van der Waals surface area contributed by atoms with Crippen LogP contribution in [0.2, 0.25) is 0 Å². The van der Waals surface area contributed by atoms with Crippen molar-refractivity contribution in [3.05, 3.63) is 29.8 Å². The van der Waals surface area contributed by atoms with Crippen molar-refractivity contribution in [1.82, 2.24) is 0 Å². The number of methoxy groups -OCH3 is 1. The van der Waals surface area contributed by atoms with Crippen molar-refractivity contribution in [1.29, 1.82) is 0 Å². The van der Waals surface area contributed by atoms with Crippen molar-refractivity contribution in [2.45, 2.75) is 19.1 Å². The quantitative estimate of drug-likeness (QED) is 0.695. The van der Waals surface area contributed by atoms with Gasteiger partial charge in [-0.1, -0.05) is 12.1 Å². The maximum Gasteiger partial charge on any atom is 0.119 e. The molecule has 0 spiro atoms. The number of rotatable bonds is 5. The highest BCUT2D eigenvalue weighted by molar-refractivity contribution is 5.29. The maximum atomic E-state index is 5.67. The zero-order chi connectivity index (χ0) is 10.7. The number of epoxide rings is 1. The molecule has 0 saturated carbocycles. The highest BCUT2D eigenvalue weighted by Gasteiger charge is 2.23. The van der Waals surface area contributed by atoms with Gasteiger partial charge in [-0.3, -0.25) is 0 Å². The minimum atomic E-state index is 0.0873. The van der Waals surface area contributed by atoms with E-state index in [1.54, 1.807) is 7.11 Å².